The van der Waals surface area contributed by atoms with Crippen molar-refractivity contribution in [3.05, 3.63) is 90.3 Å². The molecule has 2 aromatic carbocycles. The van der Waals surface area contributed by atoms with Crippen LogP contribution in [-0.4, -0.2) is 11.8 Å². The van der Waals surface area contributed by atoms with Crippen molar-refractivity contribution in [3.63, 3.8) is 0 Å². The number of hydrogen-bond donors (Lipinski definition) is 1. The lowest BCUT2D eigenvalue weighted by Crippen LogP contribution is -2.58. The molecule has 3 aromatic rings. The molecule has 5 heteroatoms. The summed E-state index contributed by atoms with van der Waals surface area (Å²) < 4.78 is 1.84. The van der Waals surface area contributed by atoms with E-state index in [1.165, 1.54) is 0 Å². The second kappa shape index (κ2) is 7.03. The van der Waals surface area contributed by atoms with Crippen LogP contribution in [-0.2, 0) is 16.1 Å². The van der Waals surface area contributed by atoms with E-state index in [1.807, 2.05) is 90.5 Å². The second-order valence-corrected chi connectivity index (χ2v) is 6.61. The Bertz CT molecular complexity index is 1000. The molecule has 1 aliphatic heterocycles. The van der Waals surface area contributed by atoms with Crippen LogP contribution in [0, 0.1) is 6.92 Å². The van der Waals surface area contributed by atoms with Crippen LogP contribution in [0.25, 0.3) is 0 Å². The van der Waals surface area contributed by atoms with E-state index in [2.05, 4.69) is 5.32 Å². The number of amides is 2. The molecule has 0 saturated carbocycles. The first-order valence-electron chi connectivity index (χ1n) is 8.86. The molecule has 1 aliphatic rings. The first-order chi connectivity index (χ1) is 13.1. The normalized spacial score (nSPS) is 16.0. The summed E-state index contributed by atoms with van der Waals surface area (Å²) in [6, 6.07) is 21.9. The van der Waals surface area contributed by atoms with Gasteiger partial charge in [0.05, 0.1) is 0 Å². The molecule has 27 heavy (non-hydrogen) atoms. The van der Waals surface area contributed by atoms with Gasteiger partial charge in [0, 0.05) is 23.5 Å². The molecular weight excluding hydrogens is 338 g/mol. The van der Waals surface area contributed by atoms with Crippen LogP contribution in [0.4, 0.5) is 11.4 Å². The minimum atomic E-state index is -0.741. The Balaban J connectivity index is 1.79. The molecule has 1 N–H and O–H groups in total. The highest BCUT2D eigenvalue weighted by Gasteiger charge is 2.43. The van der Waals surface area contributed by atoms with E-state index in [1.54, 1.807) is 4.90 Å². The van der Waals surface area contributed by atoms with Crippen molar-refractivity contribution >= 4 is 23.2 Å². The van der Waals surface area contributed by atoms with Crippen LogP contribution in [0.1, 0.15) is 17.3 Å². The van der Waals surface area contributed by atoms with Crippen molar-refractivity contribution in [1.82, 2.24) is 0 Å². The fourth-order valence-corrected chi connectivity index (χ4v) is 3.43. The van der Waals surface area contributed by atoms with E-state index in [9.17, 15) is 9.59 Å². The van der Waals surface area contributed by atoms with Crippen molar-refractivity contribution < 1.29 is 14.2 Å². The Morgan fingerprint density at radius 3 is 2.59 bits per heavy atom. The Morgan fingerprint density at radius 2 is 1.81 bits per heavy atom. The molecule has 2 amide bonds. The number of carbonyl (C=O) groups excluding carboxylic acids is 2. The average molecular weight is 358 g/mol. The number of carbonyl (C=O) groups is 2. The number of fused-ring (bicyclic) bond motifs is 1. The largest absolute Gasteiger partial charge is 0.324 e. The number of hydrogen-bond acceptors (Lipinski definition) is 2. The molecule has 134 valence electrons. The molecule has 1 aromatic heterocycles. The standard InChI is InChI=1S/C22H19N3O2/c1-16-8-7-11-18(14-16)25-20(26)15-24-13-6-5-12-19(24)21(25)22(27)23-17-9-3-2-4-10-17/h2-14,21H,15H2,1H3/p+1. The first kappa shape index (κ1) is 17.0. The Morgan fingerprint density at radius 1 is 1.04 bits per heavy atom. The highest BCUT2D eigenvalue weighted by molar-refractivity contribution is 6.05. The molecule has 0 saturated heterocycles. The van der Waals surface area contributed by atoms with Gasteiger partial charge in [0.2, 0.25) is 18.3 Å². The lowest BCUT2D eigenvalue weighted by atomic mass is 10.0. The molecule has 1 atom stereocenters. The fourth-order valence-electron chi connectivity index (χ4n) is 3.43. The van der Waals surface area contributed by atoms with Gasteiger partial charge < -0.3 is 5.32 Å². The van der Waals surface area contributed by atoms with Crippen molar-refractivity contribution in [2.24, 2.45) is 0 Å². The van der Waals surface area contributed by atoms with Gasteiger partial charge in [-0.2, -0.15) is 4.57 Å². The van der Waals surface area contributed by atoms with E-state index in [-0.39, 0.29) is 18.4 Å². The third kappa shape index (κ3) is 3.31. The predicted octanol–water partition coefficient (Wildman–Crippen LogP) is 3.01. The van der Waals surface area contributed by atoms with Crippen molar-refractivity contribution in [3.8, 4) is 0 Å². The summed E-state index contributed by atoms with van der Waals surface area (Å²) in [7, 11) is 0. The molecule has 1 unspecified atom stereocenters. The summed E-state index contributed by atoms with van der Waals surface area (Å²) in [6.07, 6.45) is 1.84. The van der Waals surface area contributed by atoms with Crippen molar-refractivity contribution in [1.29, 1.82) is 0 Å². The van der Waals surface area contributed by atoms with E-state index < -0.39 is 6.04 Å². The summed E-state index contributed by atoms with van der Waals surface area (Å²) in [5.74, 6) is -0.354. The van der Waals surface area contributed by atoms with E-state index in [0.717, 1.165) is 16.9 Å². The Labute approximate surface area is 157 Å². The number of para-hydroxylation sites is 1. The van der Waals surface area contributed by atoms with Gasteiger partial charge in [-0.3, -0.25) is 14.5 Å². The zero-order valence-electron chi connectivity index (χ0n) is 15.0. The van der Waals surface area contributed by atoms with Crippen LogP contribution in [0.3, 0.4) is 0 Å². The average Bonchev–Trinajstić information content (AvgIpc) is 2.67. The maximum absolute atomic E-state index is 13.2. The van der Waals surface area contributed by atoms with Crippen molar-refractivity contribution in [2.75, 3.05) is 10.2 Å². The van der Waals surface area contributed by atoms with Crippen LogP contribution in [0.2, 0.25) is 0 Å². The molecule has 0 bridgehead atoms. The molecule has 0 radical (unpaired) electrons. The van der Waals surface area contributed by atoms with Gasteiger partial charge >= 0.3 is 0 Å². The fraction of sp³-hybridized carbons (Fsp3) is 0.136. The zero-order chi connectivity index (χ0) is 18.8. The molecule has 0 aliphatic carbocycles. The summed E-state index contributed by atoms with van der Waals surface area (Å²) in [5.41, 5.74) is 3.25. The van der Waals surface area contributed by atoms with E-state index in [4.69, 9.17) is 0 Å². The summed E-state index contributed by atoms with van der Waals surface area (Å²) >= 11 is 0. The van der Waals surface area contributed by atoms with Crippen LogP contribution in [0.5, 0.6) is 0 Å². The minimum Gasteiger partial charge on any atom is -0.324 e. The predicted molar refractivity (Wildman–Crippen MR) is 103 cm³/mol. The molecule has 2 heterocycles. The van der Waals surface area contributed by atoms with Crippen LogP contribution < -0.4 is 14.8 Å². The minimum absolute atomic E-state index is 0.113. The number of nitrogens with one attached hydrogen (secondary N) is 1. The summed E-state index contributed by atoms with van der Waals surface area (Å²) in [5, 5.41) is 2.94. The number of rotatable bonds is 3. The van der Waals surface area contributed by atoms with Gasteiger partial charge in [-0.25, -0.2) is 0 Å². The topological polar surface area (TPSA) is 53.3 Å². The molecule has 0 fully saturated rings. The van der Waals surface area contributed by atoms with Gasteiger partial charge in [-0.1, -0.05) is 36.4 Å². The van der Waals surface area contributed by atoms with E-state index >= 15 is 0 Å². The third-order valence-corrected chi connectivity index (χ3v) is 4.66. The quantitative estimate of drug-likeness (QED) is 0.732. The van der Waals surface area contributed by atoms with Gasteiger partial charge in [-0.05, 0) is 36.8 Å². The van der Waals surface area contributed by atoms with Gasteiger partial charge in [-0.15, -0.1) is 0 Å². The summed E-state index contributed by atoms with van der Waals surface area (Å²) in [6.45, 7) is 2.18. The number of anilines is 2. The van der Waals surface area contributed by atoms with Gasteiger partial charge in [0.1, 0.15) is 0 Å². The lowest BCUT2D eigenvalue weighted by Gasteiger charge is -2.32. The maximum atomic E-state index is 13.2. The highest BCUT2D eigenvalue weighted by Crippen LogP contribution is 2.30. The third-order valence-electron chi connectivity index (χ3n) is 4.66. The number of pyridine rings is 1. The number of nitrogens with zero attached hydrogens (tertiary/aromatic N) is 2. The Kier molecular flexibility index (Phi) is 4.42. The molecule has 4 rings (SSSR count). The molecule has 5 nitrogen and oxygen atoms in total. The monoisotopic (exact) mass is 358 g/mol. The van der Waals surface area contributed by atoms with Crippen molar-refractivity contribution in [2.45, 2.75) is 19.5 Å². The molecule has 0 spiro atoms. The zero-order valence-corrected chi connectivity index (χ0v) is 15.0. The smallest absolute Gasteiger partial charge is 0.294 e. The van der Waals surface area contributed by atoms with Crippen LogP contribution in [0.15, 0.2) is 79.0 Å². The summed E-state index contributed by atoms with van der Waals surface area (Å²) in [4.78, 5) is 27.8. The number of aryl methyl sites for hydroxylation is 1. The first-order valence-corrected chi connectivity index (χ1v) is 8.86. The van der Waals surface area contributed by atoms with Gasteiger partial charge in [0.15, 0.2) is 6.20 Å². The Hall–Kier alpha value is -3.47. The van der Waals surface area contributed by atoms with E-state index in [0.29, 0.717) is 5.69 Å². The maximum Gasteiger partial charge on any atom is 0.294 e. The number of aromatic nitrogens is 1. The molecular formula is C22H20N3O2+. The highest BCUT2D eigenvalue weighted by atomic mass is 16.2. The van der Waals surface area contributed by atoms with Gasteiger partial charge in [0.25, 0.3) is 11.8 Å². The lowest BCUT2D eigenvalue weighted by molar-refractivity contribution is -0.695. The van der Waals surface area contributed by atoms with Crippen LogP contribution >= 0.6 is 0 Å². The SMILES string of the molecule is Cc1cccc(N2C(=O)C[n+]3ccccc3C2C(=O)Nc2ccccc2)c1. The number of benzene rings is 2. The second-order valence-electron chi connectivity index (χ2n) is 6.61.